The van der Waals surface area contributed by atoms with Gasteiger partial charge in [0.1, 0.15) is 5.75 Å². The van der Waals surface area contributed by atoms with E-state index in [9.17, 15) is 14.7 Å². The Morgan fingerprint density at radius 3 is 2.32 bits per heavy atom. The maximum Gasteiger partial charge on any atom is 0.251 e. The van der Waals surface area contributed by atoms with Crippen LogP contribution in [0.3, 0.4) is 0 Å². The molecule has 0 aliphatic rings. The van der Waals surface area contributed by atoms with Gasteiger partial charge in [0, 0.05) is 23.5 Å². The summed E-state index contributed by atoms with van der Waals surface area (Å²) in [6.45, 7) is 7.48. The molecule has 0 saturated heterocycles. The summed E-state index contributed by atoms with van der Waals surface area (Å²) in [6, 6.07) is 14.5. The van der Waals surface area contributed by atoms with E-state index in [2.05, 4.69) is 55.7 Å². The molecule has 0 aliphatic heterocycles. The Morgan fingerprint density at radius 2 is 1.68 bits per heavy atom. The first-order valence-corrected chi connectivity index (χ1v) is 10.3. The second-order valence-corrected chi connectivity index (χ2v) is 8.62. The number of benzene rings is 2. The standard InChI is InChI=1S/C22H28N2O3S/c1-22(2,3)17-8-10-19(11-9-17)28-15-20(26)23-12-5-13-24-21(27)16-6-4-7-18(25)14-16/h4,6-11,14,25H,5,12-13,15H2,1-3H3,(H,23,26)(H,24,27). The van der Waals surface area contributed by atoms with Crippen molar-refractivity contribution in [1.29, 1.82) is 0 Å². The molecule has 28 heavy (non-hydrogen) atoms. The normalized spacial score (nSPS) is 11.1. The number of rotatable bonds is 8. The van der Waals surface area contributed by atoms with Crippen molar-refractivity contribution in [2.24, 2.45) is 0 Å². The maximum absolute atomic E-state index is 12.0. The molecule has 6 heteroatoms. The van der Waals surface area contributed by atoms with Crippen LogP contribution in [0.25, 0.3) is 0 Å². The van der Waals surface area contributed by atoms with Crippen LogP contribution in [-0.2, 0) is 10.2 Å². The smallest absolute Gasteiger partial charge is 0.251 e. The molecule has 2 amide bonds. The molecule has 0 spiro atoms. The molecule has 0 fully saturated rings. The van der Waals surface area contributed by atoms with Crippen molar-refractivity contribution >= 4 is 23.6 Å². The summed E-state index contributed by atoms with van der Waals surface area (Å²) in [6.07, 6.45) is 0.640. The molecule has 0 aliphatic carbocycles. The second-order valence-electron chi connectivity index (χ2n) is 7.57. The SMILES string of the molecule is CC(C)(C)c1ccc(SCC(=O)NCCCNC(=O)c2cccc(O)c2)cc1. The number of phenols is 1. The van der Waals surface area contributed by atoms with E-state index in [1.54, 1.807) is 12.1 Å². The lowest BCUT2D eigenvalue weighted by molar-refractivity contribution is -0.118. The fourth-order valence-corrected chi connectivity index (χ4v) is 3.25. The van der Waals surface area contributed by atoms with Crippen molar-refractivity contribution in [2.75, 3.05) is 18.8 Å². The number of hydrogen-bond donors (Lipinski definition) is 3. The molecular formula is C22H28N2O3S. The lowest BCUT2D eigenvalue weighted by Gasteiger charge is -2.19. The number of nitrogens with one attached hydrogen (secondary N) is 2. The summed E-state index contributed by atoms with van der Waals surface area (Å²) in [4.78, 5) is 24.9. The predicted molar refractivity (Wildman–Crippen MR) is 114 cm³/mol. The van der Waals surface area contributed by atoms with Crippen molar-refractivity contribution < 1.29 is 14.7 Å². The van der Waals surface area contributed by atoms with Crippen molar-refractivity contribution in [1.82, 2.24) is 10.6 Å². The van der Waals surface area contributed by atoms with E-state index in [0.29, 0.717) is 30.8 Å². The van der Waals surface area contributed by atoms with Crippen LogP contribution < -0.4 is 10.6 Å². The van der Waals surface area contributed by atoms with E-state index in [0.717, 1.165) is 4.90 Å². The van der Waals surface area contributed by atoms with E-state index in [-0.39, 0.29) is 23.0 Å². The molecule has 0 radical (unpaired) electrons. The predicted octanol–water partition coefficient (Wildman–Crippen LogP) is 3.72. The molecule has 0 unspecified atom stereocenters. The van der Waals surface area contributed by atoms with E-state index in [1.807, 2.05) is 0 Å². The van der Waals surface area contributed by atoms with Crippen LogP contribution in [-0.4, -0.2) is 35.8 Å². The van der Waals surface area contributed by atoms with Crippen molar-refractivity contribution in [3.63, 3.8) is 0 Å². The van der Waals surface area contributed by atoms with Gasteiger partial charge in [-0.15, -0.1) is 11.8 Å². The zero-order chi connectivity index (χ0) is 20.6. The highest BCUT2D eigenvalue weighted by Crippen LogP contribution is 2.25. The Kier molecular flexibility index (Phi) is 7.93. The fourth-order valence-electron chi connectivity index (χ4n) is 2.52. The van der Waals surface area contributed by atoms with Crippen LogP contribution >= 0.6 is 11.8 Å². The maximum atomic E-state index is 12.0. The number of carbonyl (C=O) groups is 2. The van der Waals surface area contributed by atoms with Crippen molar-refractivity contribution in [3.8, 4) is 5.75 Å². The third kappa shape index (κ3) is 7.27. The lowest BCUT2D eigenvalue weighted by Crippen LogP contribution is -2.30. The van der Waals surface area contributed by atoms with Crippen LogP contribution in [0, 0.1) is 0 Å². The van der Waals surface area contributed by atoms with Gasteiger partial charge in [0.25, 0.3) is 5.91 Å². The van der Waals surface area contributed by atoms with Gasteiger partial charge >= 0.3 is 0 Å². The number of amides is 2. The van der Waals surface area contributed by atoms with Gasteiger partial charge in [-0.1, -0.05) is 39.0 Å². The zero-order valence-electron chi connectivity index (χ0n) is 16.6. The van der Waals surface area contributed by atoms with Gasteiger partial charge in [-0.25, -0.2) is 0 Å². The summed E-state index contributed by atoms with van der Waals surface area (Å²) in [7, 11) is 0. The molecule has 0 heterocycles. The molecular weight excluding hydrogens is 372 g/mol. The average Bonchev–Trinajstić information content (AvgIpc) is 2.65. The molecule has 0 aromatic heterocycles. The highest BCUT2D eigenvalue weighted by atomic mass is 32.2. The molecule has 5 nitrogen and oxygen atoms in total. The summed E-state index contributed by atoms with van der Waals surface area (Å²) < 4.78 is 0. The van der Waals surface area contributed by atoms with Crippen LogP contribution in [0.5, 0.6) is 5.75 Å². The van der Waals surface area contributed by atoms with Gasteiger partial charge in [-0.05, 0) is 47.7 Å². The molecule has 3 N–H and O–H groups in total. The van der Waals surface area contributed by atoms with Gasteiger partial charge < -0.3 is 15.7 Å². The summed E-state index contributed by atoms with van der Waals surface area (Å²) in [5.74, 6) is 0.163. The Balaban J connectivity index is 1.62. The molecule has 0 atom stereocenters. The Bertz CT molecular complexity index is 798. The van der Waals surface area contributed by atoms with Crippen LogP contribution in [0.2, 0.25) is 0 Å². The molecule has 0 saturated carbocycles. The molecule has 0 bridgehead atoms. The average molecular weight is 401 g/mol. The molecule has 2 aromatic rings. The fraction of sp³-hybridized carbons (Fsp3) is 0.364. The monoisotopic (exact) mass is 400 g/mol. The van der Waals surface area contributed by atoms with Gasteiger partial charge in [-0.2, -0.15) is 0 Å². The summed E-state index contributed by atoms with van der Waals surface area (Å²) >= 11 is 1.51. The highest BCUT2D eigenvalue weighted by Gasteiger charge is 2.13. The minimum absolute atomic E-state index is 0.0239. The quantitative estimate of drug-likeness (QED) is 0.466. The van der Waals surface area contributed by atoms with Crippen LogP contribution in [0.1, 0.15) is 43.1 Å². The third-order valence-electron chi connectivity index (χ3n) is 4.16. The first kappa shape index (κ1) is 21.8. The van der Waals surface area contributed by atoms with Gasteiger partial charge in [0.2, 0.25) is 5.91 Å². The van der Waals surface area contributed by atoms with Gasteiger partial charge in [0.15, 0.2) is 0 Å². The van der Waals surface area contributed by atoms with E-state index in [4.69, 9.17) is 0 Å². The Morgan fingerprint density at radius 1 is 1.00 bits per heavy atom. The zero-order valence-corrected chi connectivity index (χ0v) is 17.4. The number of carbonyl (C=O) groups excluding carboxylic acids is 2. The second kappa shape index (κ2) is 10.2. The highest BCUT2D eigenvalue weighted by molar-refractivity contribution is 8.00. The van der Waals surface area contributed by atoms with Gasteiger partial charge in [0.05, 0.1) is 5.75 Å². The van der Waals surface area contributed by atoms with Crippen LogP contribution in [0.15, 0.2) is 53.4 Å². The van der Waals surface area contributed by atoms with E-state index >= 15 is 0 Å². The third-order valence-corrected chi connectivity index (χ3v) is 5.17. The summed E-state index contributed by atoms with van der Waals surface area (Å²) in [5, 5.41) is 15.0. The van der Waals surface area contributed by atoms with E-state index in [1.165, 1.54) is 29.5 Å². The van der Waals surface area contributed by atoms with Crippen molar-refractivity contribution in [2.45, 2.75) is 37.5 Å². The molecule has 150 valence electrons. The first-order valence-electron chi connectivity index (χ1n) is 9.33. The minimum atomic E-state index is -0.239. The number of aromatic hydroxyl groups is 1. The largest absolute Gasteiger partial charge is 0.508 e. The van der Waals surface area contributed by atoms with Crippen molar-refractivity contribution in [3.05, 3.63) is 59.7 Å². The molecule has 2 rings (SSSR count). The first-order chi connectivity index (χ1) is 13.3. The van der Waals surface area contributed by atoms with E-state index < -0.39 is 0 Å². The van der Waals surface area contributed by atoms with Crippen LogP contribution in [0.4, 0.5) is 0 Å². The molecule has 2 aromatic carbocycles. The number of hydrogen-bond acceptors (Lipinski definition) is 4. The minimum Gasteiger partial charge on any atom is -0.508 e. The summed E-state index contributed by atoms with van der Waals surface area (Å²) in [5.41, 5.74) is 1.81. The number of phenolic OH excluding ortho intramolecular Hbond substituents is 1. The van der Waals surface area contributed by atoms with Gasteiger partial charge in [-0.3, -0.25) is 9.59 Å². The lowest BCUT2D eigenvalue weighted by atomic mass is 9.87. The topological polar surface area (TPSA) is 78.4 Å². The Labute approximate surface area is 170 Å². The number of thioether (sulfide) groups is 1. The Hall–Kier alpha value is -2.47.